The van der Waals surface area contributed by atoms with E-state index in [1.807, 2.05) is 14.0 Å². The van der Waals surface area contributed by atoms with Crippen LogP contribution in [0.3, 0.4) is 0 Å². The van der Waals surface area contributed by atoms with Crippen LogP contribution in [0.4, 0.5) is 0 Å². The maximum atomic E-state index is 6.34. The summed E-state index contributed by atoms with van der Waals surface area (Å²) in [4.78, 5) is 0. The third-order valence-electron chi connectivity index (χ3n) is 3.48. The van der Waals surface area contributed by atoms with Gasteiger partial charge in [-0.2, -0.15) is 5.10 Å². The molecule has 0 saturated heterocycles. The molecule has 1 heterocycles. The molecule has 5 heteroatoms. The molecule has 0 spiro atoms. The molecule has 0 fully saturated rings. The monoisotopic (exact) mass is 301 g/mol. The molecule has 0 amide bonds. The molecule has 1 unspecified atom stereocenters. The van der Waals surface area contributed by atoms with E-state index in [1.54, 1.807) is 11.8 Å². The number of nitrogens with one attached hydrogen (secondary N) is 1. The third kappa shape index (κ3) is 5.43. The minimum Gasteiger partial charge on any atom is -0.383 e. The number of halogens is 1. The fraction of sp³-hybridized carbons (Fsp3) is 0.800. The van der Waals surface area contributed by atoms with Crippen LogP contribution in [-0.4, -0.2) is 36.6 Å². The Hall–Kier alpha value is -0.580. The van der Waals surface area contributed by atoms with E-state index in [1.165, 1.54) is 12.0 Å². The zero-order chi connectivity index (χ0) is 15.1. The fourth-order valence-corrected chi connectivity index (χ4v) is 2.83. The largest absolute Gasteiger partial charge is 0.383 e. The van der Waals surface area contributed by atoms with Crippen molar-refractivity contribution in [1.82, 2.24) is 15.1 Å². The van der Waals surface area contributed by atoms with Crippen LogP contribution in [0.2, 0.25) is 5.15 Å². The molecule has 1 atom stereocenters. The lowest BCUT2D eigenvalue weighted by molar-refractivity contribution is 0.197. The van der Waals surface area contributed by atoms with Crippen molar-refractivity contribution in [2.45, 2.75) is 33.6 Å². The maximum Gasteiger partial charge on any atom is 0.130 e. The molecule has 0 bridgehead atoms. The summed E-state index contributed by atoms with van der Waals surface area (Å²) in [5.41, 5.74) is 2.23. The van der Waals surface area contributed by atoms with Gasteiger partial charge in [-0.3, -0.25) is 4.68 Å². The standard InChI is InChI=1S/C15H28ClN3O/c1-11(2)8-13(10-17-6-7-20-5)9-14-12(3)18-19(4)15(14)16/h11,13,17H,6-10H2,1-5H3. The van der Waals surface area contributed by atoms with Crippen LogP contribution in [-0.2, 0) is 18.2 Å². The number of hydrogen-bond donors (Lipinski definition) is 1. The van der Waals surface area contributed by atoms with Gasteiger partial charge in [-0.05, 0) is 38.1 Å². The number of nitrogens with zero attached hydrogens (tertiary/aromatic N) is 2. The first-order chi connectivity index (χ1) is 9.45. The van der Waals surface area contributed by atoms with E-state index in [-0.39, 0.29) is 0 Å². The molecule has 4 nitrogen and oxygen atoms in total. The first-order valence-electron chi connectivity index (χ1n) is 7.33. The summed E-state index contributed by atoms with van der Waals surface area (Å²) in [6, 6.07) is 0. The van der Waals surface area contributed by atoms with Crippen LogP contribution in [0, 0.1) is 18.8 Å². The summed E-state index contributed by atoms with van der Waals surface area (Å²) >= 11 is 6.34. The lowest BCUT2D eigenvalue weighted by Crippen LogP contribution is -2.28. The Morgan fingerprint density at radius 1 is 1.40 bits per heavy atom. The molecule has 116 valence electrons. The molecule has 0 aliphatic rings. The highest BCUT2D eigenvalue weighted by Gasteiger charge is 2.18. The number of methoxy groups -OCH3 is 1. The van der Waals surface area contributed by atoms with Gasteiger partial charge in [0.2, 0.25) is 0 Å². The van der Waals surface area contributed by atoms with E-state index in [4.69, 9.17) is 16.3 Å². The Labute approximate surface area is 127 Å². The first-order valence-corrected chi connectivity index (χ1v) is 7.71. The molecular weight excluding hydrogens is 274 g/mol. The zero-order valence-electron chi connectivity index (χ0n) is 13.4. The molecule has 0 aromatic carbocycles. The summed E-state index contributed by atoms with van der Waals surface area (Å²) < 4.78 is 6.83. The van der Waals surface area contributed by atoms with E-state index in [9.17, 15) is 0 Å². The van der Waals surface area contributed by atoms with Crippen LogP contribution >= 0.6 is 11.6 Å². The van der Waals surface area contributed by atoms with Gasteiger partial charge in [0.05, 0.1) is 12.3 Å². The van der Waals surface area contributed by atoms with Gasteiger partial charge in [0.15, 0.2) is 0 Å². The molecular formula is C15H28ClN3O. The van der Waals surface area contributed by atoms with Crippen LogP contribution in [0.1, 0.15) is 31.5 Å². The lowest BCUT2D eigenvalue weighted by atomic mass is 9.91. The van der Waals surface area contributed by atoms with Gasteiger partial charge in [0.25, 0.3) is 0 Å². The van der Waals surface area contributed by atoms with Gasteiger partial charge in [0.1, 0.15) is 5.15 Å². The number of aromatic nitrogens is 2. The Morgan fingerprint density at radius 2 is 2.10 bits per heavy atom. The second kappa shape index (κ2) is 8.65. The van der Waals surface area contributed by atoms with Crippen LogP contribution in [0.15, 0.2) is 0 Å². The predicted molar refractivity (Wildman–Crippen MR) is 84.3 cm³/mol. The van der Waals surface area contributed by atoms with Gasteiger partial charge < -0.3 is 10.1 Å². The Kier molecular flexibility index (Phi) is 7.56. The molecule has 20 heavy (non-hydrogen) atoms. The van der Waals surface area contributed by atoms with Crippen LogP contribution in [0.5, 0.6) is 0 Å². The summed E-state index contributed by atoms with van der Waals surface area (Å²) in [7, 11) is 3.62. The minimum absolute atomic E-state index is 0.576. The van der Waals surface area contributed by atoms with E-state index in [0.29, 0.717) is 11.8 Å². The van der Waals surface area contributed by atoms with Crippen molar-refractivity contribution in [3.8, 4) is 0 Å². The van der Waals surface area contributed by atoms with Crippen molar-refractivity contribution in [3.63, 3.8) is 0 Å². The highest BCUT2D eigenvalue weighted by atomic mass is 35.5. The summed E-state index contributed by atoms with van der Waals surface area (Å²) in [5, 5.41) is 8.63. The van der Waals surface area contributed by atoms with Crippen molar-refractivity contribution in [1.29, 1.82) is 0 Å². The van der Waals surface area contributed by atoms with E-state index in [2.05, 4.69) is 24.3 Å². The van der Waals surface area contributed by atoms with Crippen molar-refractivity contribution in [3.05, 3.63) is 16.4 Å². The second-order valence-electron chi connectivity index (χ2n) is 5.88. The van der Waals surface area contributed by atoms with Gasteiger partial charge in [-0.15, -0.1) is 0 Å². The molecule has 1 rings (SSSR count). The third-order valence-corrected chi connectivity index (χ3v) is 3.96. The minimum atomic E-state index is 0.576. The summed E-state index contributed by atoms with van der Waals surface area (Å²) in [5.74, 6) is 1.26. The molecule has 0 aliphatic carbocycles. The van der Waals surface area contributed by atoms with E-state index < -0.39 is 0 Å². The topological polar surface area (TPSA) is 39.1 Å². The molecule has 1 aromatic rings. The SMILES string of the molecule is COCCNCC(Cc1c(C)nn(C)c1Cl)CC(C)C. The second-order valence-corrected chi connectivity index (χ2v) is 6.23. The van der Waals surface area contributed by atoms with Crippen molar-refractivity contribution < 1.29 is 4.74 Å². The molecule has 1 aromatic heterocycles. The predicted octanol–water partition coefficient (Wildman–Crippen LogP) is 2.82. The Balaban J connectivity index is 2.63. The van der Waals surface area contributed by atoms with Gasteiger partial charge in [0, 0.05) is 26.3 Å². The molecule has 1 N–H and O–H groups in total. The van der Waals surface area contributed by atoms with Crippen LogP contribution in [0.25, 0.3) is 0 Å². The van der Waals surface area contributed by atoms with Crippen molar-refractivity contribution >= 4 is 11.6 Å². The normalized spacial score (nSPS) is 13.2. The highest BCUT2D eigenvalue weighted by molar-refractivity contribution is 6.30. The average molecular weight is 302 g/mol. The lowest BCUT2D eigenvalue weighted by Gasteiger charge is -2.19. The highest BCUT2D eigenvalue weighted by Crippen LogP contribution is 2.24. The van der Waals surface area contributed by atoms with E-state index >= 15 is 0 Å². The van der Waals surface area contributed by atoms with Crippen molar-refractivity contribution in [2.75, 3.05) is 26.8 Å². The molecule has 0 aliphatic heterocycles. The molecule has 0 saturated carbocycles. The quantitative estimate of drug-likeness (QED) is 0.713. The number of aryl methyl sites for hydroxylation is 2. The number of hydrogen-bond acceptors (Lipinski definition) is 3. The summed E-state index contributed by atoms with van der Waals surface area (Å²) in [6.45, 7) is 9.20. The first kappa shape index (κ1) is 17.5. The number of rotatable bonds is 9. The van der Waals surface area contributed by atoms with Gasteiger partial charge >= 0.3 is 0 Å². The average Bonchev–Trinajstić information content (AvgIpc) is 2.60. The number of ether oxygens (including phenoxy) is 1. The van der Waals surface area contributed by atoms with Crippen molar-refractivity contribution in [2.24, 2.45) is 18.9 Å². The molecule has 0 radical (unpaired) electrons. The van der Waals surface area contributed by atoms with Gasteiger partial charge in [-0.25, -0.2) is 0 Å². The Bertz CT molecular complexity index is 404. The smallest absolute Gasteiger partial charge is 0.130 e. The fourth-order valence-electron chi connectivity index (χ4n) is 2.58. The van der Waals surface area contributed by atoms with E-state index in [0.717, 1.165) is 37.0 Å². The maximum absolute atomic E-state index is 6.34. The Morgan fingerprint density at radius 3 is 2.60 bits per heavy atom. The summed E-state index contributed by atoms with van der Waals surface area (Å²) in [6.07, 6.45) is 2.17. The van der Waals surface area contributed by atoms with Gasteiger partial charge in [-0.1, -0.05) is 25.4 Å². The van der Waals surface area contributed by atoms with Crippen LogP contribution < -0.4 is 5.32 Å². The zero-order valence-corrected chi connectivity index (χ0v) is 14.1.